The molecular weight excluding hydrogens is 291 g/mol. The van der Waals surface area contributed by atoms with Crippen molar-refractivity contribution in [2.24, 2.45) is 0 Å². The molecule has 110 valence electrons. The molecule has 0 radical (unpaired) electrons. The number of anilines is 2. The van der Waals surface area contributed by atoms with E-state index in [-0.39, 0.29) is 11.4 Å². The third-order valence-electron chi connectivity index (χ3n) is 2.98. The first-order valence-electron chi connectivity index (χ1n) is 6.27. The molecule has 6 heteroatoms. The first-order valence-corrected chi connectivity index (χ1v) is 7.59. The lowest BCUT2D eigenvalue weighted by Gasteiger charge is -2.09. The Morgan fingerprint density at radius 1 is 1.24 bits per heavy atom. The van der Waals surface area contributed by atoms with Gasteiger partial charge in [-0.05, 0) is 36.8 Å². The fourth-order valence-electron chi connectivity index (χ4n) is 1.82. The Morgan fingerprint density at radius 3 is 2.67 bits per heavy atom. The summed E-state index contributed by atoms with van der Waals surface area (Å²) in [4.78, 5) is 12.4. The van der Waals surface area contributed by atoms with Crippen molar-refractivity contribution in [1.29, 1.82) is 0 Å². The molecule has 0 spiro atoms. The van der Waals surface area contributed by atoms with Crippen molar-refractivity contribution < 1.29 is 13.4 Å². The summed E-state index contributed by atoms with van der Waals surface area (Å²) in [5, 5.41) is 2.41. The van der Waals surface area contributed by atoms with Crippen LogP contribution in [0, 0.1) is 12.7 Å². The zero-order valence-corrected chi connectivity index (χ0v) is 12.2. The number of halogens is 1. The van der Waals surface area contributed by atoms with Crippen molar-refractivity contribution in [2.45, 2.75) is 11.8 Å². The molecule has 3 N–H and O–H groups in total. The van der Waals surface area contributed by atoms with E-state index in [1.54, 1.807) is 31.2 Å². The number of nitrogen functional groups attached to an aromatic ring is 1. The van der Waals surface area contributed by atoms with E-state index in [1.807, 2.05) is 0 Å². The Labute approximate surface area is 124 Å². The minimum absolute atomic E-state index is 0.0730. The molecule has 0 saturated carbocycles. The summed E-state index contributed by atoms with van der Waals surface area (Å²) >= 11 is 0. The van der Waals surface area contributed by atoms with Gasteiger partial charge >= 0.3 is 0 Å². The number of rotatable bonds is 4. The molecule has 2 rings (SSSR count). The third kappa shape index (κ3) is 3.66. The monoisotopic (exact) mass is 306 g/mol. The number of nitrogens with one attached hydrogen (secondary N) is 1. The molecule has 0 fully saturated rings. The molecule has 2 aromatic rings. The van der Waals surface area contributed by atoms with Crippen LogP contribution in [0.1, 0.15) is 5.56 Å². The van der Waals surface area contributed by atoms with Crippen LogP contribution in [-0.4, -0.2) is 15.9 Å². The highest BCUT2D eigenvalue weighted by molar-refractivity contribution is 7.85. The number of para-hydroxylation sites is 1. The molecule has 0 heterocycles. The minimum atomic E-state index is -1.53. The minimum Gasteiger partial charge on any atom is -0.398 e. The van der Waals surface area contributed by atoms with Crippen molar-refractivity contribution in [1.82, 2.24) is 0 Å². The van der Waals surface area contributed by atoms with Crippen LogP contribution in [0.4, 0.5) is 15.8 Å². The average Bonchev–Trinajstić information content (AvgIpc) is 2.44. The van der Waals surface area contributed by atoms with Gasteiger partial charge in [-0.3, -0.25) is 9.00 Å². The van der Waals surface area contributed by atoms with E-state index in [2.05, 4.69) is 5.32 Å². The van der Waals surface area contributed by atoms with Gasteiger partial charge < -0.3 is 11.1 Å². The molecule has 0 aliphatic heterocycles. The highest BCUT2D eigenvalue weighted by Crippen LogP contribution is 2.19. The largest absolute Gasteiger partial charge is 0.398 e. The van der Waals surface area contributed by atoms with Gasteiger partial charge in [-0.25, -0.2) is 4.39 Å². The predicted octanol–water partition coefficient (Wildman–Crippen LogP) is 2.46. The van der Waals surface area contributed by atoms with Gasteiger partial charge in [0.25, 0.3) is 0 Å². The Bertz CT molecular complexity index is 704. The van der Waals surface area contributed by atoms with Crippen molar-refractivity contribution in [2.75, 3.05) is 16.8 Å². The van der Waals surface area contributed by atoms with E-state index in [0.717, 1.165) is 0 Å². The Hall–Kier alpha value is -2.21. The van der Waals surface area contributed by atoms with Crippen molar-refractivity contribution in [3.63, 3.8) is 0 Å². The van der Waals surface area contributed by atoms with Crippen LogP contribution in [0.25, 0.3) is 0 Å². The van der Waals surface area contributed by atoms with Gasteiger partial charge in [0.05, 0.1) is 16.5 Å². The molecule has 1 unspecified atom stereocenters. The maximum Gasteiger partial charge on any atom is 0.237 e. The van der Waals surface area contributed by atoms with E-state index in [9.17, 15) is 13.4 Å². The SMILES string of the molecule is Cc1c(N)cccc1S(=O)CC(=O)Nc1ccccc1F. The smallest absolute Gasteiger partial charge is 0.237 e. The zero-order valence-electron chi connectivity index (χ0n) is 11.4. The normalized spacial score (nSPS) is 11.9. The number of amides is 1. The summed E-state index contributed by atoms with van der Waals surface area (Å²) in [6.45, 7) is 1.75. The van der Waals surface area contributed by atoms with Gasteiger partial charge in [-0.2, -0.15) is 0 Å². The Kier molecular flexibility index (Phi) is 4.70. The van der Waals surface area contributed by atoms with Gasteiger partial charge in [-0.15, -0.1) is 0 Å². The van der Waals surface area contributed by atoms with Gasteiger partial charge in [0.2, 0.25) is 5.91 Å². The summed E-state index contributed by atoms with van der Waals surface area (Å²) in [5.74, 6) is -1.30. The maximum atomic E-state index is 13.4. The van der Waals surface area contributed by atoms with Crippen LogP contribution in [-0.2, 0) is 15.6 Å². The molecule has 0 aliphatic carbocycles. The van der Waals surface area contributed by atoms with Crippen LogP contribution in [0.2, 0.25) is 0 Å². The standard InChI is InChI=1S/C15H15FN2O2S/c1-10-12(17)6-4-8-14(10)21(20)9-15(19)18-13-7-3-2-5-11(13)16/h2-8H,9,17H2,1H3,(H,18,19). The Balaban J connectivity index is 2.08. The number of nitrogens with two attached hydrogens (primary N) is 1. The Morgan fingerprint density at radius 2 is 1.95 bits per heavy atom. The highest BCUT2D eigenvalue weighted by atomic mass is 32.2. The summed E-state index contributed by atoms with van der Waals surface area (Å²) in [6.07, 6.45) is 0. The molecule has 4 nitrogen and oxygen atoms in total. The lowest BCUT2D eigenvalue weighted by Crippen LogP contribution is -2.20. The lowest BCUT2D eigenvalue weighted by atomic mass is 10.2. The average molecular weight is 306 g/mol. The van der Waals surface area contributed by atoms with E-state index in [0.29, 0.717) is 16.1 Å². The predicted molar refractivity (Wildman–Crippen MR) is 81.9 cm³/mol. The fourth-order valence-corrected chi connectivity index (χ4v) is 2.98. The van der Waals surface area contributed by atoms with Crippen LogP contribution in [0.3, 0.4) is 0 Å². The first-order chi connectivity index (χ1) is 9.99. The molecule has 0 aromatic heterocycles. The quantitative estimate of drug-likeness (QED) is 0.852. The topological polar surface area (TPSA) is 72.2 Å². The second kappa shape index (κ2) is 6.49. The molecule has 0 bridgehead atoms. The van der Waals surface area contributed by atoms with Gasteiger partial charge in [0.1, 0.15) is 11.6 Å². The summed E-state index contributed by atoms with van der Waals surface area (Å²) in [7, 11) is -1.53. The van der Waals surface area contributed by atoms with Gasteiger partial charge in [0, 0.05) is 10.6 Å². The second-order valence-electron chi connectivity index (χ2n) is 4.49. The van der Waals surface area contributed by atoms with E-state index < -0.39 is 22.5 Å². The number of carbonyl (C=O) groups is 1. The number of carbonyl (C=O) groups excluding carboxylic acids is 1. The van der Waals surface area contributed by atoms with Crippen LogP contribution in [0.5, 0.6) is 0 Å². The molecule has 1 amide bonds. The maximum absolute atomic E-state index is 13.4. The summed E-state index contributed by atoms with van der Waals surface area (Å²) in [5.41, 5.74) is 7.03. The fraction of sp³-hybridized carbons (Fsp3) is 0.133. The number of benzene rings is 2. The highest BCUT2D eigenvalue weighted by Gasteiger charge is 2.14. The van der Waals surface area contributed by atoms with Crippen LogP contribution in [0.15, 0.2) is 47.4 Å². The van der Waals surface area contributed by atoms with Gasteiger partial charge in [-0.1, -0.05) is 18.2 Å². The molecule has 0 saturated heterocycles. The lowest BCUT2D eigenvalue weighted by molar-refractivity contribution is -0.113. The van der Waals surface area contributed by atoms with Crippen molar-refractivity contribution in [3.05, 3.63) is 53.8 Å². The van der Waals surface area contributed by atoms with E-state index in [1.165, 1.54) is 18.2 Å². The van der Waals surface area contributed by atoms with Crippen LogP contribution < -0.4 is 11.1 Å². The molecule has 2 aromatic carbocycles. The van der Waals surface area contributed by atoms with E-state index in [4.69, 9.17) is 5.73 Å². The zero-order chi connectivity index (χ0) is 15.4. The molecule has 21 heavy (non-hydrogen) atoms. The molecule has 0 aliphatic rings. The molecule has 1 atom stereocenters. The van der Waals surface area contributed by atoms with Gasteiger partial charge in [0.15, 0.2) is 0 Å². The number of hydrogen-bond donors (Lipinski definition) is 2. The third-order valence-corrected chi connectivity index (χ3v) is 4.44. The summed E-state index contributed by atoms with van der Waals surface area (Å²) in [6, 6.07) is 10.9. The first kappa shape index (κ1) is 15.2. The second-order valence-corrected chi connectivity index (χ2v) is 5.91. The molecular formula is C15H15FN2O2S. The van der Waals surface area contributed by atoms with Crippen LogP contribution >= 0.6 is 0 Å². The number of hydrogen-bond acceptors (Lipinski definition) is 3. The summed E-state index contributed by atoms with van der Waals surface area (Å²) < 4.78 is 25.6. The van der Waals surface area contributed by atoms with Crippen molar-refractivity contribution in [3.8, 4) is 0 Å². The van der Waals surface area contributed by atoms with E-state index >= 15 is 0 Å². The van der Waals surface area contributed by atoms with Crippen molar-refractivity contribution >= 4 is 28.1 Å².